The number of amides is 1. The monoisotopic (exact) mass is 421 g/mol. The molecule has 0 saturated carbocycles. The maximum Gasteiger partial charge on any atom is 0.271 e. The molecule has 0 radical (unpaired) electrons. The molecular weight excluding hydrogens is 394 g/mol. The molecule has 0 aliphatic carbocycles. The van der Waals surface area contributed by atoms with Crippen molar-refractivity contribution in [3.05, 3.63) is 69.8 Å². The van der Waals surface area contributed by atoms with Crippen LogP contribution >= 0.6 is 0 Å². The Morgan fingerprint density at radius 1 is 1.13 bits per heavy atom. The summed E-state index contributed by atoms with van der Waals surface area (Å²) < 4.78 is 5.74. The number of non-ortho nitro benzene ring substituents is 1. The summed E-state index contributed by atoms with van der Waals surface area (Å²) in [7, 11) is 0. The Balaban J connectivity index is 1.90. The summed E-state index contributed by atoms with van der Waals surface area (Å²) in [6.07, 6.45) is 8.66. The van der Waals surface area contributed by atoms with Crippen LogP contribution in [0.2, 0.25) is 0 Å². The number of rotatable bonds is 12. The lowest BCUT2D eigenvalue weighted by atomic mass is 10.1. The average molecular weight is 421 g/mol. The van der Waals surface area contributed by atoms with E-state index in [4.69, 9.17) is 4.74 Å². The van der Waals surface area contributed by atoms with Gasteiger partial charge < -0.3 is 10.1 Å². The van der Waals surface area contributed by atoms with Gasteiger partial charge >= 0.3 is 0 Å². The fourth-order valence-corrected chi connectivity index (χ4v) is 2.94. The number of benzene rings is 2. The van der Waals surface area contributed by atoms with Gasteiger partial charge in [0.1, 0.15) is 17.4 Å². The predicted molar refractivity (Wildman–Crippen MR) is 121 cm³/mol. The topological polar surface area (TPSA) is 105 Å². The van der Waals surface area contributed by atoms with Gasteiger partial charge in [-0.05, 0) is 36.3 Å². The molecule has 0 atom stereocenters. The third-order valence-electron chi connectivity index (χ3n) is 4.64. The first kappa shape index (κ1) is 23.6. The van der Waals surface area contributed by atoms with Crippen LogP contribution in [0.5, 0.6) is 5.75 Å². The molecule has 2 aromatic rings. The van der Waals surface area contributed by atoms with Crippen LogP contribution in [0.4, 0.5) is 11.4 Å². The molecule has 0 unspecified atom stereocenters. The number of ether oxygens (including phenoxy) is 1. The van der Waals surface area contributed by atoms with E-state index in [0.717, 1.165) is 18.6 Å². The zero-order valence-corrected chi connectivity index (χ0v) is 17.7. The number of nitrogens with one attached hydrogen (secondary N) is 1. The quantitative estimate of drug-likeness (QED) is 0.151. The van der Waals surface area contributed by atoms with E-state index in [0.29, 0.717) is 12.2 Å². The fraction of sp³-hybridized carbons (Fsp3) is 0.333. The van der Waals surface area contributed by atoms with Gasteiger partial charge in [-0.1, -0.05) is 57.2 Å². The van der Waals surface area contributed by atoms with Crippen molar-refractivity contribution in [3.8, 4) is 11.8 Å². The molecule has 0 aliphatic rings. The zero-order chi connectivity index (χ0) is 22.5. The van der Waals surface area contributed by atoms with E-state index in [1.165, 1.54) is 56.0 Å². The lowest BCUT2D eigenvalue weighted by Gasteiger charge is -2.07. The number of anilines is 1. The van der Waals surface area contributed by atoms with Crippen LogP contribution in [0.3, 0.4) is 0 Å². The van der Waals surface area contributed by atoms with Crippen LogP contribution in [-0.4, -0.2) is 17.4 Å². The summed E-state index contributed by atoms with van der Waals surface area (Å²) in [4.78, 5) is 22.7. The summed E-state index contributed by atoms with van der Waals surface area (Å²) in [5, 5.41) is 22.7. The number of nitrogens with zero attached hydrogens (tertiary/aromatic N) is 2. The molecule has 162 valence electrons. The number of nitriles is 1. The Morgan fingerprint density at radius 2 is 1.84 bits per heavy atom. The lowest BCUT2D eigenvalue weighted by Crippen LogP contribution is -2.13. The summed E-state index contributed by atoms with van der Waals surface area (Å²) in [6.45, 7) is 2.86. The van der Waals surface area contributed by atoms with Gasteiger partial charge in [-0.15, -0.1) is 0 Å². The SMILES string of the molecule is CCCCCCCCOc1ccc(/C=C(/C#N)C(=O)Nc2cccc([N+](=O)[O-])c2)cc1. The van der Waals surface area contributed by atoms with Crippen LogP contribution in [0.1, 0.15) is 51.0 Å². The second-order valence-corrected chi connectivity index (χ2v) is 7.12. The number of hydrogen-bond acceptors (Lipinski definition) is 5. The highest BCUT2D eigenvalue weighted by molar-refractivity contribution is 6.09. The Labute approximate surface area is 182 Å². The van der Waals surface area contributed by atoms with Crippen molar-refractivity contribution < 1.29 is 14.5 Å². The Morgan fingerprint density at radius 3 is 2.52 bits per heavy atom. The van der Waals surface area contributed by atoms with E-state index < -0.39 is 10.8 Å². The molecule has 2 rings (SSSR count). The number of nitro groups is 1. The van der Waals surface area contributed by atoms with Crippen molar-refractivity contribution in [1.82, 2.24) is 0 Å². The number of carbonyl (C=O) groups is 1. The first-order chi connectivity index (χ1) is 15.0. The van der Waals surface area contributed by atoms with Gasteiger partial charge in [-0.2, -0.15) is 5.26 Å². The molecule has 2 aromatic carbocycles. The van der Waals surface area contributed by atoms with Crippen molar-refractivity contribution in [2.24, 2.45) is 0 Å². The van der Waals surface area contributed by atoms with E-state index in [2.05, 4.69) is 12.2 Å². The summed E-state index contributed by atoms with van der Waals surface area (Å²) in [6, 6.07) is 14.6. The maximum atomic E-state index is 12.4. The van der Waals surface area contributed by atoms with Crippen molar-refractivity contribution in [2.75, 3.05) is 11.9 Å². The largest absolute Gasteiger partial charge is 0.494 e. The van der Waals surface area contributed by atoms with Crippen molar-refractivity contribution >= 4 is 23.4 Å². The van der Waals surface area contributed by atoms with Crippen LogP contribution in [0, 0.1) is 21.4 Å². The van der Waals surface area contributed by atoms with E-state index in [1.54, 1.807) is 24.3 Å². The molecule has 0 spiro atoms. The fourth-order valence-electron chi connectivity index (χ4n) is 2.94. The molecule has 7 heteroatoms. The molecule has 0 fully saturated rings. The number of nitro benzene ring substituents is 1. The van der Waals surface area contributed by atoms with Crippen LogP contribution < -0.4 is 10.1 Å². The minimum absolute atomic E-state index is 0.104. The number of hydrogen-bond donors (Lipinski definition) is 1. The average Bonchev–Trinajstić information content (AvgIpc) is 2.77. The van der Waals surface area contributed by atoms with E-state index in [-0.39, 0.29) is 16.9 Å². The lowest BCUT2D eigenvalue weighted by molar-refractivity contribution is -0.384. The highest BCUT2D eigenvalue weighted by Gasteiger charge is 2.12. The van der Waals surface area contributed by atoms with Crippen LogP contribution in [0.15, 0.2) is 54.1 Å². The first-order valence-corrected chi connectivity index (χ1v) is 10.4. The molecule has 1 amide bonds. The second kappa shape index (κ2) is 12.8. The van der Waals surface area contributed by atoms with Gasteiger partial charge in [-0.25, -0.2) is 0 Å². The van der Waals surface area contributed by atoms with Crippen LogP contribution in [-0.2, 0) is 4.79 Å². The highest BCUT2D eigenvalue weighted by Crippen LogP contribution is 2.19. The molecule has 0 saturated heterocycles. The minimum atomic E-state index is -0.633. The molecule has 0 aromatic heterocycles. The molecule has 7 nitrogen and oxygen atoms in total. The molecule has 0 heterocycles. The number of unbranched alkanes of at least 4 members (excludes halogenated alkanes) is 5. The minimum Gasteiger partial charge on any atom is -0.494 e. The van der Waals surface area contributed by atoms with Crippen molar-refractivity contribution in [3.63, 3.8) is 0 Å². The van der Waals surface area contributed by atoms with Gasteiger partial charge in [0, 0.05) is 17.8 Å². The molecular formula is C24H27N3O4. The summed E-state index contributed by atoms with van der Waals surface area (Å²) in [5.41, 5.74) is 0.681. The third kappa shape index (κ3) is 8.31. The van der Waals surface area contributed by atoms with Crippen molar-refractivity contribution in [1.29, 1.82) is 5.26 Å². The number of carbonyl (C=O) groups excluding carboxylic acids is 1. The third-order valence-corrected chi connectivity index (χ3v) is 4.64. The van der Waals surface area contributed by atoms with Gasteiger partial charge in [0.15, 0.2) is 0 Å². The smallest absolute Gasteiger partial charge is 0.271 e. The molecule has 1 N–H and O–H groups in total. The van der Waals surface area contributed by atoms with E-state index in [9.17, 15) is 20.2 Å². The van der Waals surface area contributed by atoms with E-state index in [1.807, 2.05) is 6.07 Å². The Hall–Kier alpha value is -3.66. The molecule has 0 aliphatic heterocycles. The van der Waals surface area contributed by atoms with Gasteiger partial charge in [0.2, 0.25) is 0 Å². The Bertz CT molecular complexity index is 946. The second-order valence-electron chi connectivity index (χ2n) is 7.12. The van der Waals surface area contributed by atoms with Gasteiger partial charge in [-0.3, -0.25) is 14.9 Å². The standard InChI is InChI=1S/C24H27N3O4/c1-2-3-4-5-6-7-15-31-23-13-11-19(12-14-23)16-20(18-25)24(28)26-21-9-8-10-22(17-21)27(29)30/h8-14,16-17H,2-7,15H2,1H3,(H,26,28)/b20-16-. The Kier molecular flexibility index (Phi) is 9.76. The highest BCUT2D eigenvalue weighted by atomic mass is 16.6. The van der Waals surface area contributed by atoms with Gasteiger partial charge in [0.05, 0.1) is 11.5 Å². The maximum absolute atomic E-state index is 12.4. The molecule has 31 heavy (non-hydrogen) atoms. The van der Waals surface area contributed by atoms with E-state index >= 15 is 0 Å². The predicted octanol–water partition coefficient (Wildman–Crippen LogP) is 5.88. The normalized spacial score (nSPS) is 10.9. The molecule has 0 bridgehead atoms. The summed E-state index contributed by atoms with van der Waals surface area (Å²) in [5.74, 6) is 0.108. The summed E-state index contributed by atoms with van der Waals surface area (Å²) >= 11 is 0. The van der Waals surface area contributed by atoms with Crippen molar-refractivity contribution in [2.45, 2.75) is 45.4 Å². The zero-order valence-electron chi connectivity index (χ0n) is 17.7. The van der Waals surface area contributed by atoms with Crippen LogP contribution in [0.25, 0.3) is 6.08 Å². The van der Waals surface area contributed by atoms with Gasteiger partial charge in [0.25, 0.3) is 11.6 Å². The first-order valence-electron chi connectivity index (χ1n) is 10.4.